The van der Waals surface area contributed by atoms with Crippen LogP contribution in [-0.2, 0) is 16.7 Å². The topological polar surface area (TPSA) is 67.3 Å². The molecule has 0 spiro atoms. The molecule has 1 unspecified atom stereocenters. The Balaban J connectivity index is 1.78. The Morgan fingerprint density at radius 2 is 1.89 bits per heavy atom. The third-order valence-corrected chi connectivity index (χ3v) is 5.40. The van der Waals surface area contributed by atoms with E-state index in [-0.39, 0.29) is 0 Å². The van der Waals surface area contributed by atoms with Gasteiger partial charge in [-0.2, -0.15) is 0 Å². The number of nitrogens with zero attached hydrogens (tertiary/aromatic N) is 3. The summed E-state index contributed by atoms with van der Waals surface area (Å²) in [6, 6.07) is 17.6. The highest BCUT2D eigenvalue weighted by atomic mass is 32.2. The van der Waals surface area contributed by atoms with Crippen LogP contribution in [0.15, 0.2) is 60.9 Å². The van der Waals surface area contributed by atoms with E-state index in [4.69, 9.17) is 4.74 Å². The van der Waals surface area contributed by atoms with Crippen molar-refractivity contribution in [2.45, 2.75) is 12.7 Å². The van der Waals surface area contributed by atoms with Crippen LogP contribution >= 0.6 is 0 Å². The van der Waals surface area contributed by atoms with Gasteiger partial charge in [0.05, 0.1) is 29.0 Å². The number of benzene rings is 2. The highest BCUT2D eigenvalue weighted by Crippen LogP contribution is 2.25. The van der Waals surface area contributed by atoms with E-state index in [1.54, 1.807) is 18.4 Å². The van der Waals surface area contributed by atoms with Crippen LogP contribution in [0.3, 0.4) is 0 Å². The number of hydrogen-bond donors (Lipinski definition) is 1. The highest BCUT2D eigenvalue weighted by molar-refractivity contribution is 7.81. The number of rotatable bonds is 8. The normalized spacial score (nSPS) is 12.0. The molecule has 7 heteroatoms. The van der Waals surface area contributed by atoms with Crippen molar-refractivity contribution in [3.8, 4) is 17.0 Å². The summed E-state index contributed by atoms with van der Waals surface area (Å²) in [7, 11) is 2.57. The van der Waals surface area contributed by atoms with Gasteiger partial charge in [0.2, 0.25) is 0 Å². The van der Waals surface area contributed by atoms with Gasteiger partial charge >= 0.3 is 0 Å². The molecule has 0 fully saturated rings. The zero-order valence-corrected chi connectivity index (χ0v) is 17.1. The van der Waals surface area contributed by atoms with Crippen molar-refractivity contribution in [1.29, 1.82) is 0 Å². The molecule has 146 valence electrons. The largest absolute Gasteiger partial charge is 0.494 e. The summed E-state index contributed by atoms with van der Waals surface area (Å²) in [5.74, 6) is 1.98. The molecule has 28 heavy (non-hydrogen) atoms. The Morgan fingerprint density at radius 3 is 2.68 bits per heavy atom. The molecule has 6 nitrogen and oxygen atoms in total. The molecule has 0 aliphatic heterocycles. The SMILES string of the molecule is CCOc1cccc(-c2cc(Nc3cccc(CS(=O)N(C)C)c3)ncn2)c1. The molecule has 0 radical (unpaired) electrons. The van der Waals surface area contributed by atoms with E-state index in [2.05, 4.69) is 15.3 Å². The van der Waals surface area contributed by atoms with Crippen molar-refractivity contribution in [1.82, 2.24) is 14.3 Å². The van der Waals surface area contributed by atoms with Crippen molar-refractivity contribution >= 4 is 22.5 Å². The molecule has 2 aromatic carbocycles. The lowest BCUT2D eigenvalue weighted by Crippen LogP contribution is -2.16. The second-order valence-corrected chi connectivity index (χ2v) is 8.01. The summed E-state index contributed by atoms with van der Waals surface area (Å²) < 4.78 is 19.3. The zero-order valence-electron chi connectivity index (χ0n) is 16.3. The van der Waals surface area contributed by atoms with E-state index < -0.39 is 11.0 Å². The van der Waals surface area contributed by atoms with E-state index in [0.717, 1.165) is 28.3 Å². The molecular weight excluding hydrogens is 372 g/mol. The first-order valence-electron chi connectivity index (χ1n) is 9.02. The third kappa shape index (κ3) is 5.37. The van der Waals surface area contributed by atoms with Gasteiger partial charge in [-0.1, -0.05) is 24.3 Å². The minimum absolute atomic E-state index is 0.474. The Labute approximate surface area is 168 Å². The van der Waals surface area contributed by atoms with Gasteiger partial charge in [-0.05, 0) is 50.8 Å². The van der Waals surface area contributed by atoms with Crippen LogP contribution in [0.1, 0.15) is 12.5 Å². The Morgan fingerprint density at radius 1 is 1.07 bits per heavy atom. The van der Waals surface area contributed by atoms with Crippen LogP contribution in [0.25, 0.3) is 11.3 Å². The monoisotopic (exact) mass is 396 g/mol. The molecule has 0 aliphatic carbocycles. The summed E-state index contributed by atoms with van der Waals surface area (Å²) in [4.78, 5) is 8.69. The molecular formula is C21H24N4O2S. The molecule has 1 atom stereocenters. The van der Waals surface area contributed by atoms with Crippen LogP contribution in [0.2, 0.25) is 0 Å². The van der Waals surface area contributed by atoms with Gasteiger partial charge < -0.3 is 10.1 Å². The minimum Gasteiger partial charge on any atom is -0.494 e. The molecule has 0 bridgehead atoms. The van der Waals surface area contributed by atoms with Crippen molar-refractivity contribution < 1.29 is 8.95 Å². The van der Waals surface area contributed by atoms with Gasteiger partial charge in [-0.25, -0.2) is 18.5 Å². The van der Waals surface area contributed by atoms with Crippen LogP contribution in [0, 0.1) is 0 Å². The molecule has 0 saturated heterocycles. The maximum absolute atomic E-state index is 12.0. The van der Waals surface area contributed by atoms with Gasteiger partial charge in [0.1, 0.15) is 17.9 Å². The van der Waals surface area contributed by atoms with Crippen LogP contribution in [0.5, 0.6) is 5.75 Å². The second-order valence-electron chi connectivity index (χ2n) is 6.35. The molecule has 3 rings (SSSR count). The molecule has 1 heterocycles. The Bertz CT molecular complexity index is 962. The van der Waals surface area contributed by atoms with Crippen molar-refractivity contribution in [2.75, 3.05) is 26.0 Å². The lowest BCUT2D eigenvalue weighted by molar-refractivity contribution is 0.340. The van der Waals surface area contributed by atoms with Gasteiger partial charge in [-0.3, -0.25) is 0 Å². The van der Waals surface area contributed by atoms with E-state index in [9.17, 15) is 4.21 Å². The smallest absolute Gasteiger partial charge is 0.134 e. The molecule has 3 aromatic rings. The van der Waals surface area contributed by atoms with Crippen molar-refractivity contribution in [2.24, 2.45) is 0 Å². The van der Waals surface area contributed by atoms with E-state index in [0.29, 0.717) is 18.2 Å². The van der Waals surface area contributed by atoms with Gasteiger partial charge in [0.25, 0.3) is 0 Å². The fraction of sp³-hybridized carbons (Fsp3) is 0.238. The van der Waals surface area contributed by atoms with Crippen molar-refractivity contribution in [3.63, 3.8) is 0 Å². The summed E-state index contributed by atoms with van der Waals surface area (Å²) in [6.45, 7) is 2.58. The Hall–Kier alpha value is -2.77. The average Bonchev–Trinajstić information content (AvgIpc) is 2.69. The number of nitrogens with one attached hydrogen (secondary N) is 1. The van der Waals surface area contributed by atoms with Gasteiger partial charge in [0.15, 0.2) is 0 Å². The fourth-order valence-electron chi connectivity index (χ4n) is 2.65. The third-order valence-electron chi connectivity index (χ3n) is 4.00. The van der Waals surface area contributed by atoms with Crippen LogP contribution in [0.4, 0.5) is 11.5 Å². The fourth-order valence-corrected chi connectivity index (χ4v) is 3.38. The summed E-state index contributed by atoms with van der Waals surface area (Å²) in [5.41, 5.74) is 3.66. The van der Waals surface area contributed by atoms with E-state index in [1.807, 2.05) is 61.5 Å². The predicted octanol–water partition coefficient (Wildman–Crippen LogP) is 4.01. The quantitative estimate of drug-likeness (QED) is 0.623. The molecule has 0 aliphatic rings. The van der Waals surface area contributed by atoms with Gasteiger partial charge in [-0.15, -0.1) is 0 Å². The lowest BCUT2D eigenvalue weighted by atomic mass is 10.1. The molecule has 1 N–H and O–H groups in total. The Kier molecular flexibility index (Phi) is 6.73. The first-order valence-corrected chi connectivity index (χ1v) is 10.3. The standard InChI is InChI=1S/C21H24N4O2S/c1-4-27-19-10-6-8-17(12-19)20-13-21(23-15-22-20)24-18-9-5-7-16(11-18)14-28(26)25(2)3/h5-13,15H,4,14H2,1-3H3,(H,22,23,24). The minimum atomic E-state index is -1.04. The second kappa shape index (κ2) is 9.43. The summed E-state index contributed by atoms with van der Waals surface area (Å²) in [6.07, 6.45) is 1.54. The summed E-state index contributed by atoms with van der Waals surface area (Å²) >= 11 is 0. The van der Waals surface area contributed by atoms with E-state index >= 15 is 0 Å². The predicted molar refractivity (Wildman–Crippen MR) is 114 cm³/mol. The maximum atomic E-state index is 12.0. The van der Waals surface area contributed by atoms with Gasteiger partial charge in [0, 0.05) is 17.3 Å². The molecule has 0 saturated carbocycles. The molecule has 1 aromatic heterocycles. The first-order chi connectivity index (χ1) is 13.5. The lowest BCUT2D eigenvalue weighted by Gasteiger charge is -2.11. The maximum Gasteiger partial charge on any atom is 0.134 e. The zero-order chi connectivity index (χ0) is 19.9. The number of aromatic nitrogens is 2. The number of ether oxygens (including phenoxy) is 1. The first kappa shape index (κ1) is 20.0. The van der Waals surface area contributed by atoms with Crippen molar-refractivity contribution in [3.05, 3.63) is 66.5 Å². The summed E-state index contributed by atoms with van der Waals surface area (Å²) in [5, 5.41) is 3.30. The van der Waals surface area contributed by atoms with E-state index in [1.165, 1.54) is 6.33 Å². The molecule has 0 amide bonds. The number of anilines is 2. The van der Waals surface area contributed by atoms with Crippen LogP contribution < -0.4 is 10.1 Å². The highest BCUT2D eigenvalue weighted by Gasteiger charge is 2.07. The average molecular weight is 397 g/mol. The van der Waals surface area contributed by atoms with Crippen LogP contribution in [-0.4, -0.2) is 39.2 Å². The number of hydrogen-bond acceptors (Lipinski definition) is 5.